The highest BCUT2D eigenvalue weighted by Crippen LogP contribution is 2.43. The van der Waals surface area contributed by atoms with Crippen LogP contribution in [0.15, 0.2) is 64.4 Å². The summed E-state index contributed by atoms with van der Waals surface area (Å²) in [6.45, 7) is 9.13. The van der Waals surface area contributed by atoms with Gasteiger partial charge in [0, 0.05) is 72.3 Å². The van der Waals surface area contributed by atoms with E-state index in [2.05, 4.69) is 53.1 Å². The van der Waals surface area contributed by atoms with Gasteiger partial charge in [-0.3, -0.25) is 9.80 Å². The van der Waals surface area contributed by atoms with Crippen LogP contribution in [0.1, 0.15) is 24.1 Å². The summed E-state index contributed by atoms with van der Waals surface area (Å²) in [5.74, 6) is -2.51. The lowest BCUT2D eigenvalue weighted by Crippen LogP contribution is -2.48. The van der Waals surface area contributed by atoms with Gasteiger partial charge in [0.2, 0.25) is 0 Å². The van der Waals surface area contributed by atoms with Crippen molar-refractivity contribution in [2.24, 2.45) is 0 Å². The predicted octanol–water partition coefficient (Wildman–Crippen LogP) is 4.45. The molecule has 0 radical (unpaired) electrons. The van der Waals surface area contributed by atoms with Gasteiger partial charge in [-0.15, -0.1) is 0 Å². The molecule has 9 heteroatoms. The van der Waals surface area contributed by atoms with Gasteiger partial charge in [0.05, 0.1) is 6.61 Å². The molecule has 4 rings (SSSR count). The molecule has 1 saturated heterocycles. The van der Waals surface area contributed by atoms with Gasteiger partial charge in [-0.25, -0.2) is 9.59 Å². The maximum absolute atomic E-state index is 9.55. The number of carboxylic acid groups (broad SMARTS) is 2. The second-order valence-corrected chi connectivity index (χ2v) is 9.72. The molecule has 2 aromatic carbocycles. The number of benzene rings is 2. The van der Waals surface area contributed by atoms with E-state index in [9.17, 15) is 9.59 Å². The molecule has 1 fully saturated rings. The van der Waals surface area contributed by atoms with Crippen LogP contribution in [0.5, 0.6) is 0 Å². The van der Waals surface area contributed by atoms with Gasteiger partial charge in [0.15, 0.2) is 0 Å². The fraction of sp³-hybridized carbons (Fsp3) is 0.385. The average molecular weight is 519 g/mol. The molecule has 2 aromatic rings. The molecule has 2 aliphatic heterocycles. The Morgan fingerprint density at radius 1 is 1.06 bits per heavy atom. The third-order valence-electron chi connectivity index (χ3n) is 5.91. The number of piperazine rings is 1. The molecule has 2 heterocycles. The Labute approximate surface area is 215 Å². The summed E-state index contributed by atoms with van der Waals surface area (Å²) in [7, 11) is 0. The SMILES string of the molecule is CCOCCN1CCN(C2Cc3ccccc3Sc3ccc(Cl)cc32)CC1.O=C(O)/C=C\C(=O)O. The Bertz CT molecular complexity index is 1020. The van der Waals surface area contributed by atoms with Crippen molar-refractivity contribution in [3.05, 3.63) is 70.8 Å². The van der Waals surface area contributed by atoms with E-state index in [-0.39, 0.29) is 0 Å². The third-order valence-corrected chi connectivity index (χ3v) is 7.35. The lowest BCUT2D eigenvalue weighted by Gasteiger charge is -2.39. The van der Waals surface area contributed by atoms with E-state index in [0.717, 1.165) is 57.4 Å². The Hall–Kier alpha value is -2.36. The Balaban J connectivity index is 0.000000371. The van der Waals surface area contributed by atoms with Crippen molar-refractivity contribution in [3.63, 3.8) is 0 Å². The van der Waals surface area contributed by atoms with E-state index < -0.39 is 11.9 Å². The minimum atomic E-state index is -1.26. The van der Waals surface area contributed by atoms with Gasteiger partial charge >= 0.3 is 11.9 Å². The highest BCUT2D eigenvalue weighted by atomic mass is 35.5. The van der Waals surface area contributed by atoms with Crippen LogP contribution >= 0.6 is 23.4 Å². The summed E-state index contributed by atoms with van der Waals surface area (Å²) >= 11 is 8.27. The zero-order chi connectivity index (χ0) is 25.2. The molecule has 0 saturated carbocycles. The first kappa shape index (κ1) is 27.2. The number of halogens is 1. The lowest BCUT2D eigenvalue weighted by atomic mass is 9.96. The Morgan fingerprint density at radius 2 is 1.74 bits per heavy atom. The van der Waals surface area contributed by atoms with Crippen molar-refractivity contribution in [2.45, 2.75) is 29.2 Å². The topological polar surface area (TPSA) is 90.3 Å². The van der Waals surface area contributed by atoms with Crippen molar-refractivity contribution in [2.75, 3.05) is 45.9 Å². The van der Waals surface area contributed by atoms with Gasteiger partial charge in [-0.05, 0) is 48.7 Å². The molecule has 35 heavy (non-hydrogen) atoms. The van der Waals surface area contributed by atoms with Crippen LogP contribution in [0.2, 0.25) is 5.02 Å². The first-order valence-electron chi connectivity index (χ1n) is 11.6. The number of rotatable bonds is 7. The lowest BCUT2D eigenvalue weighted by molar-refractivity contribution is -0.134. The van der Waals surface area contributed by atoms with Gasteiger partial charge < -0.3 is 14.9 Å². The normalized spacial score (nSPS) is 18.2. The number of fused-ring (bicyclic) bond motifs is 2. The number of ether oxygens (including phenoxy) is 1. The second kappa shape index (κ2) is 13.7. The zero-order valence-electron chi connectivity index (χ0n) is 19.7. The van der Waals surface area contributed by atoms with Gasteiger partial charge in [-0.1, -0.05) is 41.6 Å². The molecular formula is C26H31ClN2O5S. The standard InChI is InChI=1S/C22H27ClN2OS.C4H4O4/c1-2-26-14-13-24-9-11-25(12-10-24)20-15-17-5-3-4-6-21(17)27-22-8-7-18(23)16-19(20)22;5-3(6)1-2-4(7)8/h3-8,16,20H,2,9-15H2,1H3;1-2H,(H,5,6)(H,7,8)/b;2-1-. The monoisotopic (exact) mass is 518 g/mol. The number of hydrogen-bond donors (Lipinski definition) is 2. The molecular weight excluding hydrogens is 488 g/mol. The molecule has 2 N–H and O–H groups in total. The molecule has 0 aliphatic carbocycles. The third kappa shape index (κ3) is 8.37. The summed E-state index contributed by atoms with van der Waals surface area (Å²) < 4.78 is 5.52. The highest BCUT2D eigenvalue weighted by molar-refractivity contribution is 7.99. The largest absolute Gasteiger partial charge is 0.478 e. The van der Waals surface area contributed by atoms with E-state index in [1.54, 1.807) is 0 Å². The van der Waals surface area contributed by atoms with Gasteiger partial charge in [0.25, 0.3) is 0 Å². The van der Waals surface area contributed by atoms with Crippen molar-refractivity contribution < 1.29 is 24.5 Å². The van der Waals surface area contributed by atoms with Gasteiger partial charge in [-0.2, -0.15) is 0 Å². The van der Waals surface area contributed by atoms with Crippen LogP contribution in [-0.4, -0.2) is 77.9 Å². The van der Waals surface area contributed by atoms with Crippen LogP contribution < -0.4 is 0 Å². The Morgan fingerprint density at radius 3 is 2.40 bits per heavy atom. The maximum atomic E-state index is 9.55. The molecule has 7 nitrogen and oxygen atoms in total. The second-order valence-electron chi connectivity index (χ2n) is 8.20. The van der Waals surface area contributed by atoms with Crippen LogP contribution in [0.25, 0.3) is 0 Å². The van der Waals surface area contributed by atoms with E-state index in [1.165, 1.54) is 20.9 Å². The number of hydrogen-bond acceptors (Lipinski definition) is 6. The summed E-state index contributed by atoms with van der Waals surface area (Å²) in [6.07, 6.45) is 2.17. The smallest absolute Gasteiger partial charge is 0.328 e. The van der Waals surface area contributed by atoms with Crippen molar-refractivity contribution in [1.82, 2.24) is 9.80 Å². The number of carbonyl (C=O) groups is 2. The van der Waals surface area contributed by atoms with Crippen LogP contribution in [-0.2, 0) is 20.7 Å². The molecule has 188 valence electrons. The van der Waals surface area contributed by atoms with E-state index in [4.69, 9.17) is 26.6 Å². The number of aliphatic carboxylic acids is 2. The van der Waals surface area contributed by atoms with E-state index in [1.807, 2.05) is 17.8 Å². The predicted molar refractivity (Wildman–Crippen MR) is 137 cm³/mol. The number of carboxylic acids is 2. The Kier molecular flexibility index (Phi) is 10.6. The minimum Gasteiger partial charge on any atom is -0.478 e. The first-order valence-corrected chi connectivity index (χ1v) is 12.8. The van der Waals surface area contributed by atoms with Crippen molar-refractivity contribution >= 4 is 35.3 Å². The van der Waals surface area contributed by atoms with E-state index in [0.29, 0.717) is 18.2 Å². The summed E-state index contributed by atoms with van der Waals surface area (Å²) in [5, 5.41) is 16.5. The zero-order valence-corrected chi connectivity index (χ0v) is 21.3. The van der Waals surface area contributed by atoms with Gasteiger partial charge in [0.1, 0.15) is 0 Å². The molecule has 1 atom stereocenters. The molecule has 2 aliphatic rings. The minimum absolute atomic E-state index is 0.392. The molecule has 1 unspecified atom stereocenters. The van der Waals surface area contributed by atoms with Crippen LogP contribution in [0.4, 0.5) is 0 Å². The van der Waals surface area contributed by atoms with Crippen molar-refractivity contribution in [1.29, 1.82) is 0 Å². The summed E-state index contributed by atoms with van der Waals surface area (Å²) in [6, 6.07) is 15.6. The first-order chi connectivity index (χ1) is 16.9. The van der Waals surface area contributed by atoms with E-state index >= 15 is 0 Å². The maximum Gasteiger partial charge on any atom is 0.328 e. The quantitative estimate of drug-likeness (QED) is 0.410. The molecule has 0 amide bonds. The molecule has 0 aromatic heterocycles. The van der Waals surface area contributed by atoms with Crippen LogP contribution in [0.3, 0.4) is 0 Å². The number of nitrogens with zero attached hydrogens (tertiary/aromatic N) is 2. The average Bonchev–Trinajstić information content (AvgIpc) is 3.00. The summed E-state index contributed by atoms with van der Waals surface area (Å²) in [4.78, 5) is 27.0. The highest BCUT2D eigenvalue weighted by Gasteiger charge is 2.30. The molecule has 0 spiro atoms. The molecule has 0 bridgehead atoms. The fourth-order valence-electron chi connectivity index (χ4n) is 4.19. The van der Waals surface area contributed by atoms with Crippen molar-refractivity contribution in [3.8, 4) is 0 Å². The fourth-order valence-corrected chi connectivity index (χ4v) is 5.48. The van der Waals surface area contributed by atoms with Crippen LogP contribution in [0, 0.1) is 0 Å². The summed E-state index contributed by atoms with van der Waals surface area (Å²) in [5.41, 5.74) is 2.82.